The molecule has 0 aliphatic carbocycles. The standard InChI is InChI=1S/C14H16N2OS/c1-4-16(12-7-5-10(2)6-8-12)14-15-11(3)13(9-17)18-14/h5-9H,4H2,1-3H3. The topological polar surface area (TPSA) is 33.2 Å². The van der Waals surface area contributed by atoms with E-state index in [1.807, 2.05) is 6.92 Å². The SMILES string of the molecule is CCN(c1ccc(C)cc1)c1nc(C)c(C=O)s1. The van der Waals surface area contributed by atoms with Crippen molar-refractivity contribution in [2.75, 3.05) is 11.4 Å². The Bertz CT molecular complexity index is 545. The Morgan fingerprint density at radius 3 is 2.44 bits per heavy atom. The molecule has 0 saturated carbocycles. The van der Waals surface area contributed by atoms with Crippen molar-refractivity contribution in [3.8, 4) is 0 Å². The number of hydrogen-bond acceptors (Lipinski definition) is 4. The van der Waals surface area contributed by atoms with Gasteiger partial charge in [0.05, 0.1) is 10.6 Å². The molecule has 0 unspecified atom stereocenters. The largest absolute Gasteiger partial charge is 0.318 e. The quantitative estimate of drug-likeness (QED) is 0.785. The molecule has 2 aromatic rings. The second kappa shape index (κ2) is 5.31. The highest BCUT2D eigenvalue weighted by molar-refractivity contribution is 7.17. The zero-order valence-electron chi connectivity index (χ0n) is 10.8. The van der Waals surface area contributed by atoms with E-state index in [2.05, 4.69) is 48.0 Å². The Morgan fingerprint density at radius 2 is 1.94 bits per heavy atom. The predicted octanol–water partition coefficient (Wildman–Crippen LogP) is 3.73. The molecule has 4 heteroatoms. The van der Waals surface area contributed by atoms with Crippen molar-refractivity contribution in [1.29, 1.82) is 0 Å². The lowest BCUT2D eigenvalue weighted by atomic mass is 10.2. The minimum absolute atomic E-state index is 0.704. The van der Waals surface area contributed by atoms with Gasteiger partial charge in [0.15, 0.2) is 11.4 Å². The summed E-state index contributed by atoms with van der Waals surface area (Å²) >= 11 is 1.44. The molecule has 0 spiro atoms. The van der Waals surface area contributed by atoms with Gasteiger partial charge in [-0.15, -0.1) is 0 Å². The minimum atomic E-state index is 0.704. The van der Waals surface area contributed by atoms with Crippen molar-refractivity contribution in [3.05, 3.63) is 40.4 Å². The van der Waals surface area contributed by atoms with Gasteiger partial charge in [0, 0.05) is 12.2 Å². The molecule has 1 aromatic heterocycles. The fourth-order valence-electron chi connectivity index (χ4n) is 1.77. The number of rotatable bonds is 4. The summed E-state index contributed by atoms with van der Waals surface area (Å²) in [5.41, 5.74) is 3.14. The fraction of sp³-hybridized carbons (Fsp3) is 0.286. The van der Waals surface area contributed by atoms with Crippen LogP contribution in [0.5, 0.6) is 0 Å². The van der Waals surface area contributed by atoms with Crippen LogP contribution in [0.4, 0.5) is 10.8 Å². The number of benzene rings is 1. The van der Waals surface area contributed by atoms with Crippen LogP contribution in [0, 0.1) is 13.8 Å². The monoisotopic (exact) mass is 260 g/mol. The second-order valence-electron chi connectivity index (χ2n) is 4.14. The molecule has 0 aliphatic heterocycles. The maximum atomic E-state index is 10.9. The highest BCUT2D eigenvalue weighted by Crippen LogP contribution is 2.30. The Balaban J connectivity index is 2.38. The van der Waals surface area contributed by atoms with Gasteiger partial charge in [-0.05, 0) is 32.9 Å². The maximum absolute atomic E-state index is 10.9. The first-order valence-electron chi connectivity index (χ1n) is 5.92. The van der Waals surface area contributed by atoms with Gasteiger partial charge in [-0.2, -0.15) is 0 Å². The first-order chi connectivity index (χ1) is 8.65. The number of carbonyl (C=O) groups is 1. The molecule has 0 bridgehead atoms. The third-order valence-corrected chi connectivity index (χ3v) is 3.93. The molecule has 0 radical (unpaired) electrons. The average Bonchev–Trinajstić information content (AvgIpc) is 2.74. The summed E-state index contributed by atoms with van der Waals surface area (Å²) in [5, 5.41) is 0.876. The van der Waals surface area contributed by atoms with Gasteiger partial charge in [-0.1, -0.05) is 29.0 Å². The summed E-state index contributed by atoms with van der Waals surface area (Å²) in [6.07, 6.45) is 0.874. The lowest BCUT2D eigenvalue weighted by Crippen LogP contribution is -2.15. The van der Waals surface area contributed by atoms with Gasteiger partial charge < -0.3 is 4.90 Å². The Hall–Kier alpha value is -1.68. The third-order valence-electron chi connectivity index (χ3n) is 2.82. The van der Waals surface area contributed by atoms with E-state index in [1.54, 1.807) is 0 Å². The smallest absolute Gasteiger partial charge is 0.190 e. The van der Waals surface area contributed by atoms with Crippen molar-refractivity contribution in [2.24, 2.45) is 0 Å². The number of hydrogen-bond donors (Lipinski definition) is 0. The molecule has 0 saturated heterocycles. The molecule has 0 amide bonds. The average molecular weight is 260 g/mol. The van der Waals surface area contributed by atoms with Gasteiger partial charge in [-0.3, -0.25) is 4.79 Å². The van der Waals surface area contributed by atoms with Crippen molar-refractivity contribution in [1.82, 2.24) is 4.98 Å². The number of aromatic nitrogens is 1. The molecule has 1 heterocycles. The molecular weight excluding hydrogens is 244 g/mol. The molecule has 3 nitrogen and oxygen atoms in total. The second-order valence-corrected chi connectivity index (χ2v) is 5.15. The predicted molar refractivity (Wildman–Crippen MR) is 76.1 cm³/mol. The fourth-order valence-corrected chi connectivity index (χ4v) is 2.74. The summed E-state index contributed by atoms with van der Waals surface area (Å²) in [5.74, 6) is 0. The summed E-state index contributed by atoms with van der Waals surface area (Å²) in [4.78, 5) is 18.2. The number of thiazole rings is 1. The molecule has 2 rings (SSSR count). The summed E-state index contributed by atoms with van der Waals surface area (Å²) in [6.45, 7) is 6.84. The van der Waals surface area contributed by atoms with Crippen molar-refractivity contribution >= 4 is 28.4 Å². The molecule has 0 N–H and O–H groups in total. The normalized spacial score (nSPS) is 10.4. The van der Waals surface area contributed by atoms with Crippen LogP contribution in [0.25, 0.3) is 0 Å². The van der Waals surface area contributed by atoms with E-state index in [0.717, 1.165) is 29.3 Å². The Kier molecular flexibility index (Phi) is 3.77. The van der Waals surface area contributed by atoms with Crippen LogP contribution in [-0.2, 0) is 0 Å². The van der Waals surface area contributed by atoms with Crippen molar-refractivity contribution in [3.63, 3.8) is 0 Å². The van der Waals surface area contributed by atoms with E-state index in [-0.39, 0.29) is 0 Å². The molecule has 0 fully saturated rings. The lowest BCUT2D eigenvalue weighted by molar-refractivity contribution is 0.112. The van der Waals surface area contributed by atoms with Crippen LogP contribution < -0.4 is 4.90 Å². The molecular formula is C14H16N2OS. The summed E-state index contributed by atoms with van der Waals surface area (Å²) in [7, 11) is 0. The maximum Gasteiger partial charge on any atom is 0.190 e. The van der Waals surface area contributed by atoms with Crippen LogP contribution in [0.15, 0.2) is 24.3 Å². The van der Waals surface area contributed by atoms with Crippen LogP contribution in [-0.4, -0.2) is 17.8 Å². The summed E-state index contributed by atoms with van der Waals surface area (Å²) in [6, 6.07) is 8.32. The highest BCUT2D eigenvalue weighted by Gasteiger charge is 2.14. The molecule has 94 valence electrons. The van der Waals surface area contributed by atoms with Crippen molar-refractivity contribution in [2.45, 2.75) is 20.8 Å². The van der Waals surface area contributed by atoms with Gasteiger partial charge in [0.1, 0.15) is 0 Å². The summed E-state index contributed by atoms with van der Waals surface area (Å²) < 4.78 is 0. The van der Waals surface area contributed by atoms with Gasteiger partial charge in [-0.25, -0.2) is 4.98 Å². The minimum Gasteiger partial charge on any atom is -0.318 e. The Labute approximate surface area is 111 Å². The molecule has 1 aromatic carbocycles. The van der Waals surface area contributed by atoms with E-state index in [4.69, 9.17) is 0 Å². The van der Waals surface area contributed by atoms with E-state index >= 15 is 0 Å². The highest BCUT2D eigenvalue weighted by atomic mass is 32.1. The van der Waals surface area contributed by atoms with Gasteiger partial charge in [0.2, 0.25) is 0 Å². The number of nitrogens with zero attached hydrogens (tertiary/aromatic N) is 2. The van der Waals surface area contributed by atoms with Crippen LogP contribution >= 0.6 is 11.3 Å². The molecule has 18 heavy (non-hydrogen) atoms. The zero-order valence-corrected chi connectivity index (χ0v) is 11.6. The van der Waals surface area contributed by atoms with E-state index < -0.39 is 0 Å². The number of anilines is 2. The lowest BCUT2D eigenvalue weighted by Gasteiger charge is -2.19. The zero-order chi connectivity index (χ0) is 13.1. The number of aryl methyl sites for hydroxylation is 2. The van der Waals surface area contributed by atoms with E-state index in [1.165, 1.54) is 16.9 Å². The van der Waals surface area contributed by atoms with Gasteiger partial charge in [0.25, 0.3) is 0 Å². The van der Waals surface area contributed by atoms with Crippen LogP contribution in [0.1, 0.15) is 27.9 Å². The van der Waals surface area contributed by atoms with Crippen molar-refractivity contribution < 1.29 is 4.79 Å². The van der Waals surface area contributed by atoms with Crippen LogP contribution in [0.3, 0.4) is 0 Å². The van der Waals surface area contributed by atoms with E-state index in [9.17, 15) is 4.79 Å². The van der Waals surface area contributed by atoms with E-state index in [0.29, 0.717) is 4.88 Å². The first-order valence-corrected chi connectivity index (χ1v) is 6.74. The third kappa shape index (κ3) is 2.43. The van der Waals surface area contributed by atoms with Gasteiger partial charge >= 0.3 is 0 Å². The molecule has 0 aliphatic rings. The Morgan fingerprint density at radius 1 is 1.28 bits per heavy atom. The first kappa shape index (κ1) is 12.8. The van der Waals surface area contributed by atoms with Crippen LogP contribution in [0.2, 0.25) is 0 Å². The number of aldehydes is 1. The number of carbonyl (C=O) groups excluding carboxylic acids is 1. The molecule has 0 atom stereocenters.